The van der Waals surface area contributed by atoms with Crippen LogP contribution in [0.4, 0.5) is 0 Å². The lowest BCUT2D eigenvalue weighted by molar-refractivity contribution is 0.684. The van der Waals surface area contributed by atoms with Crippen LogP contribution in [-0.4, -0.2) is 34.2 Å². The van der Waals surface area contributed by atoms with Gasteiger partial charge in [-0.3, -0.25) is 14.2 Å². The van der Waals surface area contributed by atoms with Gasteiger partial charge in [-0.05, 0) is 30.7 Å². The highest BCUT2D eigenvalue weighted by molar-refractivity contribution is 5.84. The average Bonchev–Trinajstić information content (AvgIpc) is 3.38. The first-order valence-electron chi connectivity index (χ1n) is 8.71. The van der Waals surface area contributed by atoms with Crippen LogP contribution in [0, 0.1) is 0 Å². The average molecular weight is 359 g/mol. The van der Waals surface area contributed by atoms with Gasteiger partial charge >= 0.3 is 0 Å². The number of rotatable bonds is 3. The van der Waals surface area contributed by atoms with Crippen molar-refractivity contribution in [2.75, 3.05) is 0 Å². The second-order valence-corrected chi connectivity index (χ2v) is 6.45. The first kappa shape index (κ1) is 15.6. The van der Waals surface area contributed by atoms with Gasteiger partial charge in [0.2, 0.25) is 0 Å². The van der Waals surface area contributed by atoms with E-state index in [-0.39, 0.29) is 5.56 Å². The Labute approximate surface area is 153 Å². The Morgan fingerprint density at radius 3 is 2.78 bits per heavy atom. The molecule has 0 saturated carbocycles. The lowest BCUT2D eigenvalue weighted by Crippen LogP contribution is -2.14. The number of aromatic nitrogens is 7. The zero-order valence-corrected chi connectivity index (χ0v) is 14.9. The van der Waals surface area contributed by atoms with Crippen LogP contribution in [-0.2, 0) is 13.6 Å². The van der Waals surface area contributed by atoms with Crippen molar-refractivity contribution >= 4 is 16.6 Å². The monoisotopic (exact) mass is 359 g/mol. The lowest BCUT2D eigenvalue weighted by Gasteiger charge is -2.05. The standard InChI is InChI=1S/C19H17N7O/c1-3-25-17-5-4-12(8-13(17)10-20-25)16-9-18(27)26-19(22-16)14(11-21-26)15-6-7-24(2)23-15/h4-11,22H,3H2,1-2H3. The maximum Gasteiger partial charge on any atom is 0.274 e. The summed E-state index contributed by atoms with van der Waals surface area (Å²) in [5, 5.41) is 14.1. The highest BCUT2D eigenvalue weighted by Gasteiger charge is 2.14. The van der Waals surface area contributed by atoms with Crippen molar-refractivity contribution in [3.63, 3.8) is 0 Å². The number of H-pyrrole nitrogens is 1. The maximum atomic E-state index is 12.6. The zero-order valence-electron chi connectivity index (χ0n) is 14.9. The second kappa shape index (κ2) is 5.66. The van der Waals surface area contributed by atoms with Gasteiger partial charge in [0.05, 0.1) is 34.9 Å². The molecule has 0 aliphatic carbocycles. The van der Waals surface area contributed by atoms with E-state index in [1.54, 1.807) is 16.9 Å². The predicted octanol–water partition coefficient (Wildman–Crippen LogP) is 2.46. The number of hydrogen-bond donors (Lipinski definition) is 1. The van der Waals surface area contributed by atoms with E-state index >= 15 is 0 Å². The van der Waals surface area contributed by atoms with Crippen molar-refractivity contribution in [1.29, 1.82) is 0 Å². The van der Waals surface area contributed by atoms with Gasteiger partial charge in [0.25, 0.3) is 5.56 Å². The molecule has 0 unspecified atom stereocenters. The van der Waals surface area contributed by atoms with Crippen LogP contribution < -0.4 is 5.56 Å². The van der Waals surface area contributed by atoms with E-state index in [2.05, 4.69) is 27.2 Å². The van der Waals surface area contributed by atoms with Crippen molar-refractivity contribution in [3.05, 3.63) is 59.3 Å². The van der Waals surface area contributed by atoms with E-state index in [0.717, 1.165) is 40.0 Å². The van der Waals surface area contributed by atoms with Crippen LogP contribution in [0.1, 0.15) is 6.92 Å². The Bertz CT molecular complexity index is 1350. The quantitative estimate of drug-likeness (QED) is 0.536. The summed E-state index contributed by atoms with van der Waals surface area (Å²) >= 11 is 0. The summed E-state index contributed by atoms with van der Waals surface area (Å²) in [7, 11) is 1.86. The van der Waals surface area contributed by atoms with Crippen LogP contribution >= 0.6 is 0 Å². The zero-order chi connectivity index (χ0) is 18.5. The van der Waals surface area contributed by atoms with Crippen molar-refractivity contribution in [1.82, 2.24) is 34.2 Å². The third-order valence-electron chi connectivity index (χ3n) is 4.74. The smallest absolute Gasteiger partial charge is 0.274 e. The minimum absolute atomic E-state index is 0.190. The predicted molar refractivity (Wildman–Crippen MR) is 102 cm³/mol. The van der Waals surface area contributed by atoms with Crippen LogP contribution in [0.3, 0.4) is 0 Å². The summed E-state index contributed by atoms with van der Waals surface area (Å²) in [6, 6.07) is 9.52. The molecule has 134 valence electrons. The number of aromatic amines is 1. The van der Waals surface area contributed by atoms with Gasteiger partial charge < -0.3 is 4.98 Å². The van der Waals surface area contributed by atoms with Crippen molar-refractivity contribution < 1.29 is 0 Å². The first-order chi connectivity index (χ1) is 13.1. The maximum absolute atomic E-state index is 12.6. The van der Waals surface area contributed by atoms with E-state index in [1.165, 1.54) is 4.52 Å². The molecule has 0 amide bonds. The number of benzene rings is 1. The van der Waals surface area contributed by atoms with Gasteiger partial charge in [0, 0.05) is 31.2 Å². The van der Waals surface area contributed by atoms with E-state index in [1.807, 2.05) is 48.4 Å². The SMILES string of the molecule is CCn1ncc2cc(-c3cc(=O)n4ncc(-c5ccn(C)n5)c4[nH]3)ccc21. The molecule has 4 aromatic heterocycles. The van der Waals surface area contributed by atoms with Crippen molar-refractivity contribution in [2.45, 2.75) is 13.5 Å². The fraction of sp³-hybridized carbons (Fsp3) is 0.158. The highest BCUT2D eigenvalue weighted by Crippen LogP contribution is 2.25. The van der Waals surface area contributed by atoms with E-state index in [9.17, 15) is 4.79 Å². The Morgan fingerprint density at radius 1 is 1.11 bits per heavy atom. The fourth-order valence-corrected chi connectivity index (χ4v) is 3.39. The summed E-state index contributed by atoms with van der Waals surface area (Å²) in [6.07, 6.45) is 5.37. The lowest BCUT2D eigenvalue weighted by atomic mass is 10.1. The normalized spacial score (nSPS) is 11.6. The van der Waals surface area contributed by atoms with Gasteiger partial charge in [-0.15, -0.1) is 0 Å². The molecule has 5 aromatic rings. The van der Waals surface area contributed by atoms with Gasteiger partial charge in [-0.2, -0.15) is 19.8 Å². The first-order valence-corrected chi connectivity index (χ1v) is 8.71. The summed E-state index contributed by atoms with van der Waals surface area (Å²) in [6.45, 7) is 2.87. The van der Waals surface area contributed by atoms with Crippen LogP contribution in [0.2, 0.25) is 0 Å². The van der Waals surface area contributed by atoms with Crippen LogP contribution in [0.5, 0.6) is 0 Å². The molecule has 5 rings (SSSR count). The molecule has 1 aromatic carbocycles. The molecule has 0 fully saturated rings. The number of fused-ring (bicyclic) bond motifs is 2. The third-order valence-corrected chi connectivity index (χ3v) is 4.74. The largest absolute Gasteiger partial charge is 0.339 e. The van der Waals surface area contributed by atoms with Crippen molar-refractivity contribution in [2.24, 2.45) is 7.05 Å². The fourth-order valence-electron chi connectivity index (χ4n) is 3.39. The van der Waals surface area contributed by atoms with E-state index in [0.29, 0.717) is 5.65 Å². The number of nitrogens with zero attached hydrogens (tertiary/aromatic N) is 6. The van der Waals surface area contributed by atoms with E-state index in [4.69, 9.17) is 0 Å². The molecular formula is C19H17N7O. The molecule has 0 radical (unpaired) electrons. The number of aryl methyl sites for hydroxylation is 2. The topological polar surface area (TPSA) is 85.8 Å². The molecule has 8 nitrogen and oxygen atoms in total. The third kappa shape index (κ3) is 2.37. The Balaban J connectivity index is 1.70. The van der Waals surface area contributed by atoms with Crippen LogP contribution in [0.25, 0.3) is 39.1 Å². The highest BCUT2D eigenvalue weighted by atomic mass is 16.1. The summed E-state index contributed by atoms with van der Waals surface area (Å²) in [5.41, 5.74) is 4.71. The molecular weight excluding hydrogens is 342 g/mol. The molecule has 1 N–H and O–H groups in total. The molecule has 4 heterocycles. The Kier molecular flexibility index (Phi) is 3.27. The summed E-state index contributed by atoms with van der Waals surface area (Å²) in [4.78, 5) is 15.9. The van der Waals surface area contributed by atoms with Gasteiger partial charge in [-0.1, -0.05) is 6.07 Å². The molecule has 0 saturated heterocycles. The number of hydrogen-bond acceptors (Lipinski definition) is 4. The van der Waals surface area contributed by atoms with Crippen LogP contribution in [0.15, 0.2) is 53.7 Å². The van der Waals surface area contributed by atoms with Gasteiger partial charge in [0.1, 0.15) is 5.65 Å². The van der Waals surface area contributed by atoms with Crippen molar-refractivity contribution in [3.8, 4) is 22.5 Å². The second-order valence-electron chi connectivity index (χ2n) is 6.45. The Morgan fingerprint density at radius 2 is 2.00 bits per heavy atom. The molecule has 0 aliphatic heterocycles. The number of nitrogens with one attached hydrogen (secondary N) is 1. The van der Waals surface area contributed by atoms with E-state index < -0.39 is 0 Å². The van der Waals surface area contributed by atoms with Gasteiger partial charge in [0.15, 0.2) is 0 Å². The van der Waals surface area contributed by atoms with Gasteiger partial charge in [-0.25, -0.2) is 0 Å². The molecule has 0 aliphatic rings. The molecule has 0 spiro atoms. The minimum atomic E-state index is -0.190. The summed E-state index contributed by atoms with van der Waals surface area (Å²) < 4.78 is 5.03. The molecule has 0 bridgehead atoms. The molecule has 27 heavy (non-hydrogen) atoms. The minimum Gasteiger partial charge on any atom is -0.339 e. The summed E-state index contributed by atoms with van der Waals surface area (Å²) in [5.74, 6) is 0. The molecule has 8 heteroatoms. The Hall–Kier alpha value is -3.68. The molecule has 0 atom stereocenters.